The molecule has 10 heteroatoms. The van der Waals surface area contributed by atoms with Gasteiger partial charge in [-0.2, -0.15) is 13.2 Å². The highest BCUT2D eigenvalue weighted by Gasteiger charge is 2.34. The summed E-state index contributed by atoms with van der Waals surface area (Å²) >= 11 is 0. The lowest BCUT2D eigenvalue weighted by Gasteiger charge is -2.34. The summed E-state index contributed by atoms with van der Waals surface area (Å²) in [6.45, 7) is 2.03. The molecule has 0 bridgehead atoms. The number of rotatable bonds is 5. The van der Waals surface area contributed by atoms with Gasteiger partial charge in [0.05, 0.1) is 16.6 Å². The number of amides is 1. The highest BCUT2D eigenvalue weighted by Crippen LogP contribution is 2.38. The first-order chi connectivity index (χ1) is 17.9. The number of fused-ring (bicyclic) bond motifs is 2. The summed E-state index contributed by atoms with van der Waals surface area (Å²) in [5.74, 6) is 2.23. The first-order valence-electron chi connectivity index (χ1n) is 12.7. The van der Waals surface area contributed by atoms with Crippen molar-refractivity contribution in [3.8, 4) is 11.5 Å². The topological polar surface area (TPSA) is 65.8 Å². The molecule has 1 amide bonds. The van der Waals surface area contributed by atoms with E-state index in [2.05, 4.69) is 9.55 Å². The van der Waals surface area contributed by atoms with Crippen LogP contribution in [0.3, 0.4) is 0 Å². The van der Waals surface area contributed by atoms with E-state index in [1.807, 2.05) is 23.1 Å². The number of aryl methyl sites for hydroxylation is 1. The highest BCUT2D eigenvalue weighted by atomic mass is 19.4. The van der Waals surface area contributed by atoms with E-state index in [1.54, 1.807) is 0 Å². The van der Waals surface area contributed by atoms with Crippen molar-refractivity contribution in [1.82, 2.24) is 14.5 Å². The number of halogens is 3. The number of carbonyl (C=O) groups excluding carboxylic acids is 1. The van der Waals surface area contributed by atoms with Crippen LogP contribution in [0, 0.1) is 0 Å². The number of hydrogen-bond donors (Lipinski definition) is 0. The molecule has 0 spiro atoms. The molecule has 2 aromatic carbocycles. The quantitative estimate of drug-likeness (QED) is 0.453. The molecule has 0 saturated carbocycles. The standard InChI is InChI=1S/C27H28F3N3O4/c28-27(29,30)18-5-6-21-20(15-18)31-26(23-2-1-13-35-23)33(21)19-9-11-32(12-10-19)25(34)8-4-17-3-7-22-24(14-17)37-16-36-22/h3,5-7,14-15,19,23H,1-2,4,8-13,16H2/t23-/m0/s1. The number of hydrogen-bond acceptors (Lipinski definition) is 5. The van der Waals surface area contributed by atoms with E-state index in [0.717, 1.165) is 36.3 Å². The summed E-state index contributed by atoms with van der Waals surface area (Å²) in [6.07, 6.45) is -0.502. The summed E-state index contributed by atoms with van der Waals surface area (Å²) in [4.78, 5) is 19.5. The molecular weight excluding hydrogens is 487 g/mol. The van der Waals surface area contributed by atoms with Crippen LogP contribution in [-0.4, -0.2) is 46.8 Å². The zero-order chi connectivity index (χ0) is 25.6. The van der Waals surface area contributed by atoms with Crippen molar-refractivity contribution in [2.24, 2.45) is 0 Å². The Kier molecular flexibility index (Phi) is 6.22. The third-order valence-electron chi connectivity index (χ3n) is 7.51. The molecule has 6 rings (SSSR count). The molecule has 0 radical (unpaired) electrons. The Bertz CT molecular complexity index is 1310. The lowest BCUT2D eigenvalue weighted by molar-refractivity contribution is -0.137. The fraction of sp³-hybridized carbons (Fsp3) is 0.481. The Morgan fingerprint density at radius 2 is 1.84 bits per heavy atom. The number of alkyl halides is 3. The van der Waals surface area contributed by atoms with Crippen molar-refractivity contribution in [1.29, 1.82) is 0 Å². The van der Waals surface area contributed by atoms with E-state index in [9.17, 15) is 18.0 Å². The maximum Gasteiger partial charge on any atom is 0.416 e. The van der Waals surface area contributed by atoms with E-state index < -0.39 is 11.7 Å². The van der Waals surface area contributed by atoms with Gasteiger partial charge in [0.15, 0.2) is 11.5 Å². The summed E-state index contributed by atoms with van der Waals surface area (Å²) in [6, 6.07) is 9.54. The average molecular weight is 516 g/mol. The molecule has 2 fully saturated rings. The van der Waals surface area contributed by atoms with Gasteiger partial charge >= 0.3 is 6.18 Å². The number of likely N-dealkylation sites (tertiary alicyclic amines) is 1. The molecule has 2 saturated heterocycles. The molecule has 1 atom stereocenters. The SMILES string of the molecule is O=C(CCc1ccc2c(c1)OCO2)N1CCC(n2c([C@@H]3CCCO3)nc3cc(C(F)(F)F)ccc32)CC1. The van der Waals surface area contributed by atoms with Crippen LogP contribution < -0.4 is 9.47 Å². The Hall–Kier alpha value is -3.27. The predicted octanol–water partition coefficient (Wildman–Crippen LogP) is 5.43. The number of ether oxygens (including phenoxy) is 3. The lowest BCUT2D eigenvalue weighted by atomic mass is 10.0. The second-order valence-corrected chi connectivity index (χ2v) is 9.84. The zero-order valence-corrected chi connectivity index (χ0v) is 20.3. The molecule has 196 valence electrons. The molecule has 0 unspecified atom stereocenters. The first-order valence-corrected chi connectivity index (χ1v) is 12.7. The van der Waals surface area contributed by atoms with Crippen molar-refractivity contribution in [3.63, 3.8) is 0 Å². The van der Waals surface area contributed by atoms with Gasteiger partial charge in [-0.05, 0) is 68.0 Å². The molecule has 37 heavy (non-hydrogen) atoms. The van der Waals surface area contributed by atoms with Gasteiger partial charge in [-0.3, -0.25) is 4.79 Å². The van der Waals surface area contributed by atoms with Gasteiger partial charge in [0.2, 0.25) is 12.7 Å². The van der Waals surface area contributed by atoms with Gasteiger partial charge < -0.3 is 23.7 Å². The summed E-state index contributed by atoms with van der Waals surface area (Å²) in [7, 11) is 0. The van der Waals surface area contributed by atoms with Gasteiger partial charge in [0.25, 0.3) is 0 Å². The van der Waals surface area contributed by atoms with Crippen LogP contribution in [0.1, 0.15) is 61.2 Å². The fourth-order valence-electron chi connectivity index (χ4n) is 5.57. The number of aromatic nitrogens is 2. The molecule has 0 aliphatic carbocycles. The van der Waals surface area contributed by atoms with Crippen LogP contribution in [0.25, 0.3) is 11.0 Å². The van der Waals surface area contributed by atoms with Crippen molar-refractivity contribution >= 4 is 16.9 Å². The van der Waals surface area contributed by atoms with Crippen LogP contribution in [0.5, 0.6) is 11.5 Å². The number of piperidine rings is 1. The van der Waals surface area contributed by atoms with Crippen LogP contribution in [0.15, 0.2) is 36.4 Å². The Morgan fingerprint density at radius 1 is 1.03 bits per heavy atom. The molecule has 7 nitrogen and oxygen atoms in total. The molecule has 0 N–H and O–H groups in total. The minimum absolute atomic E-state index is 0.0406. The largest absolute Gasteiger partial charge is 0.454 e. The van der Waals surface area contributed by atoms with Crippen molar-refractivity contribution in [2.45, 2.75) is 56.8 Å². The van der Waals surface area contributed by atoms with Crippen LogP contribution in [0.4, 0.5) is 13.2 Å². The molecule has 4 heterocycles. The van der Waals surface area contributed by atoms with Gasteiger partial charge in [-0.15, -0.1) is 0 Å². The van der Waals surface area contributed by atoms with Crippen molar-refractivity contribution < 1.29 is 32.2 Å². The molecule has 3 aliphatic heterocycles. The van der Waals surface area contributed by atoms with Crippen LogP contribution in [0.2, 0.25) is 0 Å². The minimum Gasteiger partial charge on any atom is -0.454 e. The third-order valence-corrected chi connectivity index (χ3v) is 7.51. The highest BCUT2D eigenvalue weighted by molar-refractivity contribution is 5.78. The second-order valence-electron chi connectivity index (χ2n) is 9.84. The van der Waals surface area contributed by atoms with Gasteiger partial charge in [-0.25, -0.2) is 4.98 Å². The van der Waals surface area contributed by atoms with E-state index >= 15 is 0 Å². The monoisotopic (exact) mass is 515 g/mol. The Labute approximate surface area is 212 Å². The zero-order valence-electron chi connectivity index (χ0n) is 20.3. The van der Waals surface area contributed by atoms with Gasteiger partial charge in [0, 0.05) is 32.2 Å². The summed E-state index contributed by atoms with van der Waals surface area (Å²) < 4.78 is 58.7. The fourth-order valence-corrected chi connectivity index (χ4v) is 5.57. The van der Waals surface area contributed by atoms with E-state index in [1.165, 1.54) is 6.07 Å². The Morgan fingerprint density at radius 3 is 2.59 bits per heavy atom. The van der Waals surface area contributed by atoms with Gasteiger partial charge in [0.1, 0.15) is 11.9 Å². The predicted molar refractivity (Wildman–Crippen MR) is 128 cm³/mol. The van der Waals surface area contributed by atoms with Crippen molar-refractivity contribution in [3.05, 3.63) is 53.3 Å². The van der Waals surface area contributed by atoms with Crippen molar-refractivity contribution in [2.75, 3.05) is 26.5 Å². The number of carbonyl (C=O) groups is 1. The lowest BCUT2D eigenvalue weighted by Crippen LogP contribution is -2.39. The Balaban J connectivity index is 1.15. The second kappa shape index (κ2) is 9.55. The molecule has 3 aliphatic rings. The molecular formula is C27H28F3N3O4. The molecule has 3 aromatic rings. The van der Waals surface area contributed by atoms with E-state index in [4.69, 9.17) is 14.2 Å². The number of imidazole rings is 1. The van der Waals surface area contributed by atoms with E-state index in [0.29, 0.717) is 68.0 Å². The summed E-state index contributed by atoms with van der Waals surface area (Å²) in [5.41, 5.74) is 1.34. The van der Waals surface area contributed by atoms with Gasteiger partial charge in [-0.1, -0.05) is 6.07 Å². The van der Waals surface area contributed by atoms with Crippen LogP contribution >= 0.6 is 0 Å². The maximum absolute atomic E-state index is 13.3. The number of benzene rings is 2. The van der Waals surface area contributed by atoms with E-state index in [-0.39, 0.29) is 24.8 Å². The number of nitrogens with zero attached hydrogens (tertiary/aromatic N) is 3. The average Bonchev–Trinajstić information content (AvgIpc) is 3.65. The van der Waals surface area contributed by atoms with Crippen LogP contribution in [-0.2, 0) is 22.1 Å². The summed E-state index contributed by atoms with van der Waals surface area (Å²) in [5, 5.41) is 0. The smallest absolute Gasteiger partial charge is 0.416 e. The minimum atomic E-state index is -4.42. The maximum atomic E-state index is 13.3. The normalized spacial score (nSPS) is 20.2. The first kappa shape index (κ1) is 24.1. The third kappa shape index (κ3) is 4.74. The molecule has 1 aromatic heterocycles.